The number of nitrogens with two attached hydrogens (primary N) is 1. The summed E-state index contributed by atoms with van der Waals surface area (Å²) < 4.78 is 28.1. The van der Waals surface area contributed by atoms with Gasteiger partial charge in [-0.05, 0) is 6.07 Å². The fourth-order valence-corrected chi connectivity index (χ4v) is 3.44. The molecule has 2 aromatic rings. The second-order valence-electron chi connectivity index (χ2n) is 4.19. The van der Waals surface area contributed by atoms with Crippen LogP contribution in [0.15, 0.2) is 29.7 Å². The Morgan fingerprint density at radius 1 is 1.32 bits per heavy atom. The Morgan fingerprint density at radius 2 is 2.16 bits per heavy atom. The molecule has 0 bridgehead atoms. The molecule has 0 atom stereocenters. The van der Waals surface area contributed by atoms with E-state index in [0.29, 0.717) is 18.9 Å². The van der Waals surface area contributed by atoms with Gasteiger partial charge in [0.25, 0.3) is 0 Å². The fraction of sp³-hybridized carbons (Fsp3) is 0.300. The molecule has 0 amide bonds. The number of aromatic nitrogens is 4. The van der Waals surface area contributed by atoms with Crippen LogP contribution in [0, 0.1) is 0 Å². The number of fused-ring (bicyclic) bond motifs is 1. The molecule has 2 N–H and O–H groups in total. The SMILES string of the molecule is Nc1ccncc1S(=O)(=O)N1CCn2cnnc2C1. The van der Waals surface area contributed by atoms with Gasteiger partial charge < -0.3 is 10.3 Å². The Labute approximate surface area is 109 Å². The van der Waals surface area contributed by atoms with Crippen molar-refractivity contribution in [2.75, 3.05) is 12.3 Å². The van der Waals surface area contributed by atoms with Crippen LogP contribution < -0.4 is 5.73 Å². The first-order chi connectivity index (χ1) is 9.09. The maximum absolute atomic E-state index is 12.5. The van der Waals surface area contributed by atoms with E-state index in [1.165, 1.54) is 22.8 Å². The van der Waals surface area contributed by atoms with Gasteiger partial charge in [-0.15, -0.1) is 10.2 Å². The van der Waals surface area contributed by atoms with Crippen molar-refractivity contribution in [3.63, 3.8) is 0 Å². The van der Waals surface area contributed by atoms with Gasteiger partial charge in [0.1, 0.15) is 17.0 Å². The molecule has 0 unspecified atom stereocenters. The van der Waals surface area contributed by atoms with E-state index in [1.807, 2.05) is 4.57 Å². The van der Waals surface area contributed by atoms with Crippen LogP contribution in [0.4, 0.5) is 5.69 Å². The lowest BCUT2D eigenvalue weighted by Gasteiger charge is -2.26. The number of hydrogen-bond donors (Lipinski definition) is 1. The van der Waals surface area contributed by atoms with Gasteiger partial charge >= 0.3 is 0 Å². The highest BCUT2D eigenvalue weighted by Crippen LogP contribution is 2.23. The number of pyridine rings is 1. The molecule has 0 aliphatic carbocycles. The highest BCUT2D eigenvalue weighted by Gasteiger charge is 2.30. The van der Waals surface area contributed by atoms with Crippen LogP contribution >= 0.6 is 0 Å². The normalized spacial score (nSPS) is 16.2. The number of sulfonamides is 1. The maximum atomic E-state index is 12.5. The minimum atomic E-state index is -3.65. The lowest BCUT2D eigenvalue weighted by molar-refractivity contribution is 0.335. The van der Waals surface area contributed by atoms with Gasteiger partial charge in [0.15, 0.2) is 0 Å². The summed E-state index contributed by atoms with van der Waals surface area (Å²) in [6.45, 7) is 1.08. The number of hydrogen-bond acceptors (Lipinski definition) is 6. The molecule has 2 aromatic heterocycles. The standard InChI is InChI=1S/C10H12N6O2S/c11-8-1-2-12-5-9(8)19(17,18)16-4-3-15-7-13-14-10(15)6-16/h1-2,5,7H,3-4,6H2,(H2,11,12). The molecular weight excluding hydrogens is 268 g/mol. The Hall–Kier alpha value is -2.00. The molecule has 0 aromatic carbocycles. The number of nitrogen functional groups attached to an aromatic ring is 1. The number of anilines is 1. The Bertz CT molecular complexity index is 710. The molecule has 0 saturated carbocycles. The topological polar surface area (TPSA) is 107 Å². The molecule has 3 heterocycles. The number of rotatable bonds is 2. The van der Waals surface area contributed by atoms with Crippen molar-refractivity contribution in [3.8, 4) is 0 Å². The van der Waals surface area contributed by atoms with Crippen molar-refractivity contribution in [1.29, 1.82) is 0 Å². The summed E-state index contributed by atoms with van der Waals surface area (Å²) in [5, 5.41) is 7.66. The lowest BCUT2D eigenvalue weighted by Crippen LogP contribution is -2.38. The molecular formula is C10H12N6O2S. The van der Waals surface area contributed by atoms with Gasteiger partial charge in [0.05, 0.1) is 12.2 Å². The van der Waals surface area contributed by atoms with Crippen LogP contribution in [-0.4, -0.2) is 39.0 Å². The zero-order valence-electron chi connectivity index (χ0n) is 9.97. The smallest absolute Gasteiger partial charge is 0.247 e. The minimum Gasteiger partial charge on any atom is -0.398 e. The van der Waals surface area contributed by atoms with Crippen LogP contribution in [-0.2, 0) is 23.1 Å². The van der Waals surface area contributed by atoms with Gasteiger partial charge in [-0.3, -0.25) is 4.98 Å². The molecule has 9 heteroatoms. The van der Waals surface area contributed by atoms with Crippen LogP contribution in [0.5, 0.6) is 0 Å². The van der Waals surface area contributed by atoms with Gasteiger partial charge in [-0.2, -0.15) is 4.31 Å². The second-order valence-corrected chi connectivity index (χ2v) is 6.10. The van der Waals surface area contributed by atoms with Gasteiger partial charge in [0.2, 0.25) is 10.0 Å². The maximum Gasteiger partial charge on any atom is 0.247 e. The van der Waals surface area contributed by atoms with Crippen molar-refractivity contribution in [2.45, 2.75) is 18.0 Å². The summed E-state index contributed by atoms with van der Waals surface area (Å²) in [7, 11) is -3.65. The van der Waals surface area contributed by atoms with E-state index in [9.17, 15) is 8.42 Å². The third-order valence-corrected chi connectivity index (χ3v) is 4.93. The first kappa shape index (κ1) is 12.1. The predicted octanol–water partition coefficient (Wildman–Crippen LogP) is -0.540. The van der Waals surface area contributed by atoms with Crippen molar-refractivity contribution in [3.05, 3.63) is 30.6 Å². The summed E-state index contributed by atoms with van der Waals surface area (Å²) >= 11 is 0. The Morgan fingerprint density at radius 3 is 2.95 bits per heavy atom. The molecule has 3 rings (SSSR count). The largest absolute Gasteiger partial charge is 0.398 e. The van der Waals surface area contributed by atoms with E-state index >= 15 is 0 Å². The van der Waals surface area contributed by atoms with Crippen molar-refractivity contribution in [1.82, 2.24) is 24.1 Å². The monoisotopic (exact) mass is 280 g/mol. The summed E-state index contributed by atoms with van der Waals surface area (Å²) in [5.41, 5.74) is 5.91. The van der Waals surface area contributed by atoms with Crippen LogP contribution in [0.3, 0.4) is 0 Å². The molecule has 0 saturated heterocycles. The zero-order chi connectivity index (χ0) is 13.5. The quantitative estimate of drug-likeness (QED) is 0.791. The summed E-state index contributed by atoms with van der Waals surface area (Å²) in [6.07, 6.45) is 4.32. The molecule has 0 fully saturated rings. The predicted molar refractivity (Wildman–Crippen MR) is 66.3 cm³/mol. The summed E-state index contributed by atoms with van der Waals surface area (Å²) in [5.74, 6) is 0.622. The summed E-state index contributed by atoms with van der Waals surface area (Å²) in [6, 6.07) is 1.47. The van der Waals surface area contributed by atoms with Gasteiger partial charge in [-0.1, -0.05) is 0 Å². The van der Waals surface area contributed by atoms with E-state index in [1.54, 1.807) is 6.33 Å². The van der Waals surface area contributed by atoms with E-state index in [0.717, 1.165) is 0 Å². The van der Waals surface area contributed by atoms with Crippen LogP contribution in [0.1, 0.15) is 5.82 Å². The molecule has 0 radical (unpaired) electrons. The average molecular weight is 280 g/mol. The van der Waals surface area contributed by atoms with Crippen LogP contribution in [0.2, 0.25) is 0 Å². The van der Waals surface area contributed by atoms with E-state index < -0.39 is 10.0 Å². The van der Waals surface area contributed by atoms with Crippen LogP contribution in [0.25, 0.3) is 0 Å². The molecule has 1 aliphatic rings. The molecule has 19 heavy (non-hydrogen) atoms. The fourth-order valence-electron chi connectivity index (χ4n) is 1.99. The molecule has 1 aliphatic heterocycles. The van der Waals surface area contributed by atoms with E-state index in [4.69, 9.17) is 5.73 Å². The van der Waals surface area contributed by atoms with Gasteiger partial charge in [-0.25, -0.2) is 8.42 Å². The first-order valence-electron chi connectivity index (χ1n) is 5.65. The summed E-state index contributed by atoms with van der Waals surface area (Å²) in [4.78, 5) is 3.85. The highest BCUT2D eigenvalue weighted by atomic mass is 32.2. The number of nitrogens with zero attached hydrogens (tertiary/aromatic N) is 5. The second kappa shape index (κ2) is 4.28. The third kappa shape index (κ3) is 1.96. The van der Waals surface area contributed by atoms with E-state index in [-0.39, 0.29) is 17.1 Å². The molecule has 8 nitrogen and oxygen atoms in total. The van der Waals surface area contributed by atoms with Crippen molar-refractivity contribution in [2.24, 2.45) is 0 Å². The molecule has 100 valence electrons. The van der Waals surface area contributed by atoms with Gasteiger partial charge in [0, 0.05) is 25.5 Å². The van der Waals surface area contributed by atoms with Crippen molar-refractivity contribution >= 4 is 15.7 Å². The molecule has 0 spiro atoms. The first-order valence-corrected chi connectivity index (χ1v) is 7.09. The Kier molecular flexibility index (Phi) is 2.72. The lowest BCUT2D eigenvalue weighted by atomic mass is 10.4. The zero-order valence-corrected chi connectivity index (χ0v) is 10.8. The van der Waals surface area contributed by atoms with E-state index in [2.05, 4.69) is 15.2 Å². The third-order valence-electron chi connectivity index (χ3n) is 3.04. The minimum absolute atomic E-state index is 0.0305. The van der Waals surface area contributed by atoms with Crippen molar-refractivity contribution < 1.29 is 8.42 Å². The average Bonchev–Trinajstić information content (AvgIpc) is 2.86. The highest BCUT2D eigenvalue weighted by molar-refractivity contribution is 7.89. The Balaban J connectivity index is 1.97.